The Labute approximate surface area is 191 Å². The highest BCUT2D eigenvalue weighted by Gasteiger charge is 2.46. The molecular formula is C30H40P+. The number of benzene rings is 3. The highest BCUT2D eigenvalue weighted by atomic mass is 31.2. The van der Waals surface area contributed by atoms with Gasteiger partial charge >= 0.3 is 0 Å². The lowest BCUT2D eigenvalue weighted by Crippen LogP contribution is -2.36. The maximum atomic E-state index is 2.54. The molecule has 0 saturated carbocycles. The Bertz CT molecular complexity index is 888. The highest BCUT2D eigenvalue weighted by molar-refractivity contribution is 7.95. The molecule has 0 saturated heterocycles. The summed E-state index contributed by atoms with van der Waals surface area (Å²) in [5, 5.41) is 4.72. The predicted octanol–water partition coefficient (Wildman–Crippen LogP) is 7.25. The largest absolute Gasteiger partial charge is 0.112 e. The summed E-state index contributed by atoms with van der Waals surface area (Å²) in [6.45, 7) is 9.35. The van der Waals surface area contributed by atoms with E-state index >= 15 is 0 Å². The van der Waals surface area contributed by atoms with Crippen LogP contribution >= 0.6 is 7.26 Å². The topological polar surface area (TPSA) is 0 Å². The van der Waals surface area contributed by atoms with Crippen LogP contribution in [0, 0.1) is 0 Å². The van der Waals surface area contributed by atoms with Crippen LogP contribution in [0.25, 0.3) is 0 Å². The standard InChI is InChI=1S/C30H40P/c1-5-15-25-22-23-30(29(17-7-3)28(25)16-6-2)31(24-8-4,26-18-11-9-12-19-26)27-20-13-10-14-21-27/h9-14,18-23H,5-8,15-17,24H2,1-4H3/q+1. The van der Waals surface area contributed by atoms with Crippen molar-refractivity contribution < 1.29 is 0 Å². The zero-order valence-corrected chi connectivity index (χ0v) is 20.9. The SMILES string of the molecule is CCCc1ccc([P+](CCC)(c2ccccc2)c2ccccc2)c(CCC)c1CCC. The molecule has 31 heavy (non-hydrogen) atoms. The Morgan fingerprint density at radius 1 is 0.516 bits per heavy atom. The van der Waals surface area contributed by atoms with Gasteiger partial charge in [0.1, 0.15) is 23.2 Å². The molecule has 0 fully saturated rings. The first-order chi connectivity index (χ1) is 15.2. The maximum absolute atomic E-state index is 2.54. The molecule has 0 aliphatic carbocycles. The van der Waals surface area contributed by atoms with E-state index in [9.17, 15) is 0 Å². The van der Waals surface area contributed by atoms with Crippen LogP contribution in [0.5, 0.6) is 0 Å². The van der Waals surface area contributed by atoms with Crippen molar-refractivity contribution in [2.75, 3.05) is 6.16 Å². The van der Waals surface area contributed by atoms with Gasteiger partial charge in [-0.25, -0.2) is 0 Å². The smallest absolute Gasteiger partial charge is 0.0651 e. The lowest BCUT2D eigenvalue weighted by atomic mass is 9.92. The van der Waals surface area contributed by atoms with E-state index in [4.69, 9.17) is 0 Å². The fraction of sp³-hybridized carbons (Fsp3) is 0.400. The van der Waals surface area contributed by atoms with Crippen LogP contribution in [0.4, 0.5) is 0 Å². The highest BCUT2D eigenvalue weighted by Crippen LogP contribution is 2.57. The van der Waals surface area contributed by atoms with E-state index in [0.29, 0.717) is 0 Å². The van der Waals surface area contributed by atoms with Crippen molar-refractivity contribution in [3.05, 3.63) is 89.5 Å². The van der Waals surface area contributed by atoms with Crippen LogP contribution in [0.1, 0.15) is 70.1 Å². The summed E-state index contributed by atoms with van der Waals surface area (Å²) in [5.74, 6) is 0. The van der Waals surface area contributed by atoms with Crippen LogP contribution in [0.3, 0.4) is 0 Å². The molecule has 0 aliphatic rings. The fourth-order valence-electron chi connectivity index (χ4n) is 5.19. The summed E-state index contributed by atoms with van der Waals surface area (Å²) in [5.41, 5.74) is 4.92. The fourth-order valence-corrected chi connectivity index (χ4v) is 9.87. The van der Waals surface area contributed by atoms with Gasteiger partial charge < -0.3 is 0 Å². The minimum atomic E-state index is -1.71. The van der Waals surface area contributed by atoms with Gasteiger partial charge in [0, 0.05) is 0 Å². The van der Waals surface area contributed by atoms with Gasteiger partial charge in [-0.1, -0.05) is 89.4 Å². The lowest BCUT2D eigenvalue weighted by Gasteiger charge is -2.31. The molecule has 0 unspecified atom stereocenters. The molecule has 3 aromatic rings. The first kappa shape index (κ1) is 23.7. The second-order valence-corrected chi connectivity index (χ2v) is 12.2. The molecule has 0 spiro atoms. The Morgan fingerprint density at radius 2 is 1.03 bits per heavy atom. The molecule has 0 amide bonds. The number of hydrogen-bond donors (Lipinski definition) is 0. The van der Waals surface area contributed by atoms with E-state index in [-0.39, 0.29) is 0 Å². The molecule has 0 heterocycles. The van der Waals surface area contributed by atoms with Crippen molar-refractivity contribution in [3.63, 3.8) is 0 Å². The third kappa shape index (κ3) is 4.96. The normalized spacial score (nSPS) is 11.6. The average molecular weight is 432 g/mol. The first-order valence-corrected chi connectivity index (χ1v) is 14.3. The third-order valence-electron chi connectivity index (χ3n) is 6.39. The molecule has 164 valence electrons. The molecule has 0 nitrogen and oxygen atoms in total. The summed E-state index contributed by atoms with van der Waals surface area (Å²) in [6.07, 6.45) is 9.65. The van der Waals surface area contributed by atoms with Gasteiger partial charge in [0.05, 0.1) is 6.16 Å². The molecular weight excluding hydrogens is 391 g/mol. The number of hydrogen-bond acceptors (Lipinski definition) is 0. The van der Waals surface area contributed by atoms with Crippen LogP contribution < -0.4 is 15.9 Å². The summed E-state index contributed by atoms with van der Waals surface area (Å²) >= 11 is 0. The molecule has 3 rings (SSSR count). The van der Waals surface area contributed by atoms with Gasteiger partial charge in [0.15, 0.2) is 0 Å². The van der Waals surface area contributed by atoms with Gasteiger partial charge in [-0.2, -0.15) is 0 Å². The van der Waals surface area contributed by atoms with Crippen molar-refractivity contribution >= 4 is 23.2 Å². The van der Waals surface area contributed by atoms with E-state index in [2.05, 4.69) is 100 Å². The van der Waals surface area contributed by atoms with Crippen LogP contribution in [-0.2, 0) is 19.3 Å². The third-order valence-corrected chi connectivity index (χ3v) is 11.1. The Kier molecular flexibility index (Phi) is 8.91. The second kappa shape index (κ2) is 11.6. The minimum absolute atomic E-state index is 1.19. The molecule has 0 N–H and O–H groups in total. The molecule has 0 atom stereocenters. The van der Waals surface area contributed by atoms with Crippen molar-refractivity contribution in [2.45, 2.75) is 72.6 Å². The van der Waals surface area contributed by atoms with Gasteiger partial charge in [-0.3, -0.25) is 0 Å². The van der Waals surface area contributed by atoms with Gasteiger partial charge in [-0.15, -0.1) is 0 Å². The maximum Gasteiger partial charge on any atom is 0.112 e. The van der Waals surface area contributed by atoms with E-state index in [0.717, 1.165) is 0 Å². The second-order valence-electron chi connectivity index (χ2n) is 8.66. The van der Waals surface area contributed by atoms with Crippen molar-refractivity contribution in [3.8, 4) is 0 Å². The predicted molar refractivity (Wildman–Crippen MR) is 142 cm³/mol. The van der Waals surface area contributed by atoms with Crippen molar-refractivity contribution in [1.82, 2.24) is 0 Å². The van der Waals surface area contributed by atoms with Crippen molar-refractivity contribution in [1.29, 1.82) is 0 Å². The van der Waals surface area contributed by atoms with Gasteiger partial charge in [-0.05, 0) is 72.7 Å². The quantitative estimate of drug-likeness (QED) is 0.281. The average Bonchev–Trinajstić information content (AvgIpc) is 2.81. The zero-order valence-electron chi connectivity index (χ0n) is 20.0. The van der Waals surface area contributed by atoms with E-state index in [1.807, 2.05) is 0 Å². The van der Waals surface area contributed by atoms with Crippen LogP contribution in [0.15, 0.2) is 72.8 Å². The number of rotatable bonds is 11. The summed E-state index contributed by atoms with van der Waals surface area (Å²) in [4.78, 5) is 0. The molecule has 0 aliphatic heterocycles. The lowest BCUT2D eigenvalue weighted by molar-refractivity contribution is 0.829. The molecule has 3 aromatic carbocycles. The first-order valence-electron chi connectivity index (χ1n) is 12.4. The Hall–Kier alpha value is -1.91. The van der Waals surface area contributed by atoms with E-state index in [1.165, 1.54) is 61.7 Å². The summed E-state index contributed by atoms with van der Waals surface area (Å²) in [7, 11) is -1.71. The summed E-state index contributed by atoms with van der Waals surface area (Å²) in [6, 6.07) is 27.9. The van der Waals surface area contributed by atoms with Crippen LogP contribution in [-0.4, -0.2) is 6.16 Å². The molecule has 0 bridgehead atoms. The van der Waals surface area contributed by atoms with E-state index < -0.39 is 7.26 Å². The monoisotopic (exact) mass is 431 g/mol. The molecule has 1 heteroatoms. The molecule has 0 aromatic heterocycles. The summed E-state index contributed by atoms with van der Waals surface area (Å²) < 4.78 is 0. The minimum Gasteiger partial charge on any atom is -0.0651 e. The van der Waals surface area contributed by atoms with Gasteiger partial charge in [0.2, 0.25) is 0 Å². The Morgan fingerprint density at radius 3 is 1.52 bits per heavy atom. The van der Waals surface area contributed by atoms with E-state index in [1.54, 1.807) is 22.0 Å². The zero-order chi connectivity index (χ0) is 22.1. The number of aryl methyl sites for hydroxylation is 1. The van der Waals surface area contributed by atoms with Gasteiger partial charge in [0.25, 0.3) is 0 Å². The van der Waals surface area contributed by atoms with Crippen LogP contribution in [0.2, 0.25) is 0 Å². The molecule has 0 radical (unpaired) electrons. The Balaban J connectivity index is 2.40. The van der Waals surface area contributed by atoms with Crippen molar-refractivity contribution in [2.24, 2.45) is 0 Å².